The molecule has 0 fully saturated rings. The molecule has 0 aliphatic heterocycles. The van der Waals surface area contributed by atoms with Crippen LogP contribution < -0.4 is 5.14 Å². The van der Waals surface area contributed by atoms with E-state index >= 15 is 0 Å². The largest absolute Gasteiger partial charge is 0.320 e. The van der Waals surface area contributed by atoms with Gasteiger partial charge in [0, 0.05) is 22.4 Å². The summed E-state index contributed by atoms with van der Waals surface area (Å²) in [6, 6.07) is 8.47. The molecule has 1 atom stereocenters. The van der Waals surface area contributed by atoms with Gasteiger partial charge in [-0.25, -0.2) is 0 Å². The molecule has 1 heterocycles. The highest BCUT2D eigenvalue weighted by atomic mass is 79.9. The van der Waals surface area contributed by atoms with E-state index in [1.807, 2.05) is 6.07 Å². The van der Waals surface area contributed by atoms with E-state index in [9.17, 15) is 8.76 Å². The van der Waals surface area contributed by atoms with Crippen LogP contribution in [-0.4, -0.2) is 9.54 Å². The van der Waals surface area contributed by atoms with Gasteiger partial charge in [0.2, 0.25) is 4.90 Å². The van der Waals surface area contributed by atoms with Gasteiger partial charge in [-0.3, -0.25) is 4.98 Å². The predicted molar refractivity (Wildman–Crippen MR) is 70.5 cm³/mol. The molecule has 1 unspecified atom stereocenters. The third kappa shape index (κ3) is 2.98. The van der Waals surface area contributed by atoms with Crippen molar-refractivity contribution in [1.82, 2.24) is 4.98 Å². The van der Waals surface area contributed by atoms with Crippen LogP contribution in [0.25, 0.3) is 11.1 Å². The molecule has 1 aromatic heterocycles. The number of rotatable bonds is 2. The SMILES string of the molecule is N[S+](=O)(O)c1ccc(-c2cncc(Br)c2)cc1. The highest BCUT2D eigenvalue weighted by Crippen LogP contribution is 2.23. The van der Waals surface area contributed by atoms with Gasteiger partial charge in [-0.05, 0) is 56.0 Å². The Morgan fingerprint density at radius 3 is 2.35 bits per heavy atom. The monoisotopic (exact) mass is 313 g/mol. The molecule has 0 saturated carbocycles. The third-order valence-corrected chi connectivity index (χ3v) is 3.61. The molecule has 17 heavy (non-hydrogen) atoms. The van der Waals surface area contributed by atoms with Crippen LogP contribution in [0.2, 0.25) is 0 Å². The first-order valence-corrected chi connectivity index (χ1v) is 7.09. The molecular weight excluding hydrogens is 304 g/mol. The van der Waals surface area contributed by atoms with Crippen LogP contribution in [0.15, 0.2) is 52.1 Å². The van der Waals surface area contributed by atoms with Crippen molar-refractivity contribution < 1.29 is 8.76 Å². The number of benzene rings is 1. The smallest absolute Gasteiger partial charge is 0.263 e. The van der Waals surface area contributed by atoms with E-state index in [0.717, 1.165) is 15.6 Å². The first-order valence-electron chi connectivity index (χ1n) is 4.72. The van der Waals surface area contributed by atoms with Crippen molar-refractivity contribution in [2.75, 3.05) is 0 Å². The van der Waals surface area contributed by atoms with Crippen LogP contribution in [0.3, 0.4) is 0 Å². The summed E-state index contributed by atoms with van der Waals surface area (Å²) in [5, 5.41) is 5.13. The normalized spacial score (nSPS) is 14.3. The Balaban J connectivity index is 2.39. The Kier molecular flexibility index (Phi) is 3.39. The molecule has 3 N–H and O–H groups in total. The minimum absolute atomic E-state index is 0.212. The van der Waals surface area contributed by atoms with E-state index in [0.29, 0.717) is 0 Å². The molecule has 4 nitrogen and oxygen atoms in total. The van der Waals surface area contributed by atoms with Gasteiger partial charge < -0.3 is 0 Å². The number of halogens is 1. The molecule has 0 bridgehead atoms. The highest BCUT2D eigenvalue weighted by Gasteiger charge is 2.21. The van der Waals surface area contributed by atoms with Gasteiger partial charge in [-0.1, -0.05) is 0 Å². The minimum atomic E-state index is -3.38. The second-order valence-electron chi connectivity index (χ2n) is 3.48. The van der Waals surface area contributed by atoms with Crippen molar-refractivity contribution >= 4 is 26.3 Å². The number of hydrogen-bond donors (Lipinski definition) is 2. The number of aromatic nitrogens is 1. The zero-order chi connectivity index (χ0) is 12.5. The fourth-order valence-electron chi connectivity index (χ4n) is 1.41. The van der Waals surface area contributed by atoms with Crippen LogP contribution in [0.5, 0.6) is 0 Å². The van der Waals surface area contributed by atoms with Crippen LogP contribution in [0.4, 0.5) is 0 Å². The lowest BCUT2D eigenvalue weighted by molar-refractivity contribution is 0.498. The van der Waals surface area contributed by atoms with Crippen molar-refractivity contribution in [3.63, 3.8) is 0 Å². The summed E-state index contributed by atoms with van der Waals surface area (Å²) < 4.78 is 21.3. The second-order valence-corrected chi connectivity index (χ2v) is 6.01. The first kappa shape index (κ1) is 12.4. The Morgan fingerprint density at radius 2 is 1.82 bits per heavy atom. The number of pyridine rings is 1. The summed E-state index contributed by atoms with van der Waals surface area (Å²) in [4.78, 5) is 4.27. The molecule has 1 aromatic carbocycles. The van der Waals surface area contributed by atoms with Gasteiger partial charge in [0.15, 0.2) is 0 Å². The molecule has 0 radical (unpaired) electrons. The Morgan fingerprint density at radius 1 is 1.18 bits per heavy atom. The maximum absolute atomic E-state index is 11.2. The molecular formula is C11H10BrN2O2S+. The van der Waals surface area contributed by atoms with Crippen LogP contribution in [0, 0.1) is 0 Å². The number of nitrogens with zero attached hydrogens (tertiary/aromatic N) is 1. The third-order valence-electron chi connectivity index (χ3n) is 2.23. The van der Waals surface area contributed by atoms with Crippen LogP contribution >= 0.6 is 15.9 Å². The summed E-state index contributed by atoms with van der Waals surface area (Å²) in [6.45, 7) is 0. The van der Waals surface area contributed by atoms with Gasteiger partial charge in [0.1, 0.15) is 0 Å². The Labute approximate surface area is 108 Å². The fraction of sp³-hybridized carbons (Fsp3) is 0. The first-order chi connectivity index (χ1) is 7.97. The number of nitrogens with two attached hydrogens (primary N) is 1. The summed E-state index contributed by atoms with van der Waals surface area (Å²) in [7, 11) is -3.38. The van der Waals surface area contributed by atoms with Gasteiger partial charge in [0.05, 0.1) is 0 Å². The maximum Gasteiger partial charge on any atom is 0.320 e. The van der Waals surface area contributed by atoms with Crippen molar-refractivity contribution in [2.24, 2.45) is 5.14 Å². The standard InChI is InChI=1S/C11H9BrN2O2S/c12-10-5-9(6-14-7-10)8-1-3-11(4-2-8)17(13,15)16/h1-7H,(H2-,13,15,16)/p+1. The lowest BCUT2D eigenvalue weighted by Crippen LogP contribution is -2.20. The molecule has 0 aliphatic carbocycles. The summed E-state index contributed by atoms with van der Waals surface area (Å²) in [6.07, 6.45) is 3.41. The second kappa shape index (κ2) is 4.66. The molecule has 88 valence electrons. The van der Waals surface area contributed by atoms with E-state index in [4.69, 9.17) is 5.14 Å². The van der Waals surface area contributed by atoms with E-state index in [1.54, 1.807) is 36.7 Å². The molecule has 0 amide bonds. The predicted octanol–water partition coefficient (Wildman–Crippen LogP) is 2.72. The minimum Gasteiger partial charge on any atom is -0.263 e. The average Bonchev–Trinajstić information content (AvgIpc) is 2.28. The molecule has 0 aliphatic rings. The topological polar surface area (TPSA) is 76.2 Å². The fourth-order valence-corrected chi connectivity index (χ4v) is 2.30. The van der Waals surface area contributed by atoms with Gasteiger partial charge in [0.25, 0.3) is 0 Å². The van der Waals surface area contributed by atoms with Gasteiger partial charge >= 0.3 is 10.4 Å². The molecule has 0 spiro atoms. The number of hydrogen-bond acceptors (Lipinski definition) is 2. The average molecular weight is 314 g/mol. The molecule has 2 rings (SSSR count). The Bertz CT molecular complexity index is 580. The molecule has 2 aromatic rings. The molecule has 0 saturated heterocycles. The lowest BCUT2D eigenvalue weighted by atomic mass is 10.1. The quantitative estimate of drug-likeness (QED) is 0.837. The van der Waals surface area contributed by atoms with E-state index in [1.165, 1.54) is 0 Å². The lowest BCUT2D eigenvalue weighted by Gasteiger charge is -2.02. The van der Waals surface area contributed by atoms with Crippen LogP contribution in [-0.2, 0) is 14.6 Å². The van der Waals surface area contributed by atoms with E-state index in [2.05, 4.69) is 20.9 Å². The van der Waals surface area contributed by atoms with Crippen LogP contribution in [0.1, 0.15) is 0 Å². The summed E-state index contributed by atoms with van der Waals surface area (Å²) in [5.74, 6) is 0. The van der Waals surface area contributed by atoms with Crippen molar-refractivity contribution in [2.45, 2.75) is 4.90 Å². The zero-order valence-corrected chi connectivity index (χ0v) is 11.1. The van der Waals surface area contributed by atoms with E-state index < -0.39 is 10.4 Å². The maximum atomic E-state index is 11.2. The van der Waals surface area contributed by atoms with Crippen molar-refractivity contribution in [3.05, 3.63) is 47.2 Å². The van der Waals surface area contributed by atoms with Gasteiger partial charge in [-0.15, -0.1) is 5.14 Å². The summed E-state index contributed by atoms with van der Waals surface area (Å²) in [5.41, 5.74) is 1.83. The van der Waals surface area contributed by atoms with Crippen molar-refractivity contribution in [1.29, 1.82) is 0 Å². The van der Waals surface area contributed by atoms with Crippen molar-refractivity contribution in [3.8, 4) is 11.1 Å². The summed E-state index contributed by atoms with van der Waals surface area (Å²) >= 11 is 3.34. The highest BCUT2D eigenvalue weighted by molar-refractivity contribution is 9.10. The van der Waals surface area contributed by atoms with E-state index in [-0.39, 0.29) is 4.90 Å². The Hall–Kier alpha value is -1.08. The molecule has 6 heteroatoms. The van der Waals surface area contributed by atoms with Gasteiger partial charge in [-0.2, -0.15) is 4.55 Å². The zero-order valence-electron chi connectivity index (χ0n) is 8.71.